The first kappa shape index (κ1) is 17.3. The molecule has 130 valence electrons. The van der Waals surface area contributed by atoms with Gasteiger partial charge in [-0.1, -0.05) is 30.3 Å². The van der Waals surface area contributed by atoms with Gasteiger partial charge in [-0.3, -0.25) is 19.9 Å². The molecule has 0 saturated heterocycles. The zero-order chi connectivity index (χ0) is 18.5. The van der Waals surface area contributed by atoms with E-state index in [4.69, 9.17) is 0 Å². The van der Waals surface area contributed by atoms with Crippen LogP contribution in [0, 0.1) is 17.0 Å². The van der Waals surface area contributed by atoms with E-state index in [-0.39, 0.29) is 11.6 Å². The SMILES string of the molecule is Cc1cnccc1C(=O)N(Cc1ccccc1)c1ccc([N+](=O)[O-])cc1. The molecule has 0 N–H and O–H groups in total. The van der Waals surface area contributed by atoms with Crippen molar-refractivity contribution >= 4 is 17.3 Å². The molecule has 0 saturated carbocycles. The highest BCUT2D eigenvalue weighted by Gasteiger charge is 2.20. The Morgan fingerprint density at radius 2 is 1.77 bits per heavy atom. The van der Waals surface area contributed by atoms with Gasteiger partial charge < -0.3 is 4.90 Å². The third kappa shape index (κ3) is 3.75. The number of pyridine rings is 1. The van der Waals surface area contributed by atoms with Crippen LogP contribution >= 0.6 is 0 Å². The number of aromatic nitrogens is 1. The van der Waals surface area contributed by atoms with Crippen LogP contribution in [0.1, 0.15) is 21.5 Å². The zero-order valence-electron chi connectivity index (χ0n) is 14.2. The van der Waals surface area contributed by atoms with Crippen LogP contribution in [0.15, 0.2) is 73.1 Å². The van der Waals surface area contributed by atoms with Gasteiger partial charge in [-0.2, -0.15) is 0 Å². The molecule has 0 aliphatic heterocycles. The first-order valence-corrected chi connectivity index (χ1v) is 8.07. The van der Waals surface area contributed by atoms with Crippen molar-refractivity contribution in [2.45, 2.75) is 13.5 Å². The summed E-state index contributed by atoms with van der Waals surface area (Å²) in [4.78, 5) is 29.2. The molecule has 0 fully saturated rings. The van der Waals surface area contributed by atoms with Crippen molar-refractivity contribution in [3.63, 3.8) is 0 Å². The summed E-state index contributed by atoms with van der Waals surface area (Å²) in [5.74, 6) is -0.178. The highest BCUT2D eigenvalue weighted by atomic mass is 16.6. The number of non-ortho nitro benzene ring substituents is 1. The molecular formula is C20H17N3O3. The Morgan fingerprint density at radius 1 is 1.08 bits per heavy atom. The van der Waals surface area contributed by atoms with Gasteiger partial charge in [-0.05, 0) is 36.2 Å². The molecule has 1 amide bonds. The van der Waals surface area contributed by atoms with Gasteiger partial charge in [0.25, 0.3) is 11.6 Å². The Hall–Kier alpha value is -3.54. The van der Waals surface area contributed by atoms with Crippen LogP contribution < -0.4 is 4.90 Å². The summed E-state index contributed by atoms with van der Waals surface area (Å²) >= 11 is 0. The molecule has 6 nitrogen and oxygen atoms in total. The van der Waals surface area contributed by atoms with Gasteiger partial charge in [-0.25, -0.2) is 0 Å². The van der Waals surface area contributed by atoms with Gasteiger partial charge in [0.15, 0.2) is 0 Å². The number of carbonyl (C=O) groups is 1. The maximum absolute atomic E-state index is 13.2. The second-order valence-electron chi connectivity index (χ2n) is 5.84. The van der Waals surface area contributed by atoms with Crippen molar-refractivity contribution in [1.82, 2.24) is 4.98 Å². The summed E-state index contributed by atoms with van der Waals surface area (Å²) in [5, 5.41) is 10.9. The average Bonchev–Trinajstić information content (AvgIpc) is 2.67. The van der Waals surface area contributed by atoms with Crippen LogP contribution in [0.4, 0.5) is 11.4 Å². The molecule has 0 unspecified atom stereocenters. The number of nitro groups is 1. The molecular weight excluding hydrogens is 330 g/mol. The number of nitro benzene ring substituents is 1. The minimum atomic E-state index is -0.458. The molecule has 1 heterocycles. The molecule has 0 aliphatic rings. The van der Waals surface area contributed by atoms with Crippen LogP contribution in [0.25, 0.3) is 0 Å². The lowest BCUT2D eigenvalue weighted by atomic mass is 10.1. The third-order valence-electron chi connectivity index (χ3n) is 4.05. The van der Waals surface area contributed by atoms with E-state index in [1.807, 2.05) is 37.3 Å². The highest BCUT2D eigenvalue weighted by Crippen LogP contribution is 2.24. The number of rotatable bonds is 5. The fraction of sp³-hybridized carbons (Fsp3) is 0.100. The van der Waals surface area contributed by atoms with Gasteiger partial charge in [0.2, 0.25) is 0 Å². The molecule has 0 radical (unpaired) electrons. The normalized spacial score (nSPS) is 10.3. The maximum atomic E-state index is 13.2. The summed E-state index contributed by atoms with van der Waals surface area (Å²) < 4.78 is 0. The first-order valence-electron chi connectivity index (χ1n) is 8.07. The molecule has 0 bridgehead atoms. The monoisotopic (exact) mass is 347 g/mol. The number of anilines is 1. The van der Waals surface area contributed by atoms with Gasteiger partial charge in [0.05, 0.1) is 11.5 Å². The average molecular weight is 347 g/mol. The molecule has 2 aromatic carbocycles. The summed E-state index contributed by atoms with van der Waals surface area (Å²) in [6, 6.07) is 17.3. The fourth-order valence-electron chi connectivity index (χ4n) is 2.66. The summed E-state index contributed by atoms with van der Waals surface area (Å²) in [6.07, 6.45) is 3.22. The quantitative estimate of drug-likeness (QED) is 0.513. The van der Waals surface area contributed by atoms with E-state index >= 15 is 0 Å². The lowest BCUT2D eigenvalue weighted by Crippen LogP contribution is -2.31. The highest BCUT2D eigenvalue weighted by molar-refractivity contribution is 6.06. The Kier molecular flexibility index (Phi) is 5.03. The molecule has 1 aromatic heterocycles. The van der Waals surface area contributed by atoms with E-state index in [0.29, 0.717) is 17.8 Å². The molecule has 0 spiro atoms. The fourth-order valence-corrected chi connectivity index (χ4v) is 2.66. The van der Waals surface area contributed by atoms with Crippen LogP contribution in [0.5, 0.6) is 0 Å². The molecule has 3 aromatic rings. The predicted molar refractivity (Wildman–Crippen MR) is 99.0 cm³/mol. The zero-order valence-corrected chi connectivity index (χ0v) is 14.2. The standard InChI is InChI=1S/C20H17N3O3/c1-15-13-21-12-11-19(15)20(24)22(14-16-5-3-2-4-6-16)17-7-9-18(10-8-17)23(25)26/h2-13H,14H2,1H3. The molecule has 0 aliphatic carbocycles. The number of nitrogens with zero attached hydrogens (tertiary/aromatic N) is 3. The largest absolute Gasteiger partial charge is 0.304 e. The van der Waals surface area contributed by atoms with Crippen molar-refractivity contribution in [3.8, 4) is 0 Å². The van der Waals surface area contributed by atoms with Crippen molar-refractivity contribution < 1.29 is 9.72 Å². The minimum Gasteiger partial charge on any atom is -0.304 e. The minimum absolute atomic E-state index is 0.0130. The van der Waals surface area contributed by atoms with Crippen LogP contribution in [-0.2, 0) is 6.54 Å². The van der Waals surface area contributed by atoms with Crippen molar-refractivity contribution in [2.24, 2.45) is 0 Å². The van der Waals surface area contributed by atoms with Gasteiger partial charge in [0.1, 0.15) is 0 Å². The van der Waals surface area contributed by atoms with Crippen LogP contribution in [0.3, 0.4) is 0 Å². The number of aryl methyl sites for hydroxylation is 1. The Bertz CT molecular complexity index is 925. The van der Waals surface area contributed by atoms with Crippen LogP contribution in [-0.4, -0.2) is 15.8 Å². The lowest BCUT2D eigenvalue weighted by Gasteiger charge is -2.24. The van der Waals surface area contributed by atoms with Crippen molar-refractivity contribution in [2.75, 3.05) is 4.90 Å². The van der Waals surface area contributed by atoms with E-state index in [1.165, 1.54) is 12.1 Å². The molecule has 6 heteroatoms. The van der Waals surface area contributed by atoms with Crippen molar-refractivity contribution in [3.05, 3.63) is 99.9 Å². The van der Waals surface area contributed by atoms with Gasteiger partial charge in [-0.15, -0.1) is 0 Å². The third-order valence-corrected chi connectivity index (χ3v) is 4.05. The number of carbonyl (C=O) groups excluding carboxylic acids is 1. The Morgan fingerprint density at radius 3 is 2.38 bits per heavy atom. The topological polar surface area (TPSA) is 76.3 Å². The summed E-state index contributed by atoms with van der Waals surface area (Å²) in [5.41, 5.74) is 2.87. The van der Waals surface area contributed by atoms with E-state index in [0.717, 1.165) is 11.1 Å². The molecule has 3 rings (SSSR count). The van der Waals surface area contributed by atoms with Crippen LogP contribution in [0.2, 0.25) is 0 Å². The summed E-state index contributed by atoms with van der Waals surface area (Å²) in [6.45, 7) is 2.19. The van der Waals surface area contributed by atoms with E-state index in [9.17, 15) is 14.9 Å². The Labute approximate surface area is 150 Å². The lowest BCUT2D eigenvalue weighted by molar-refractivity contribution is -0.384. The second kappa shape index (κ2) is 7.57. The second-order valence-corrected chi connectivity index (χ2v) is 5.84. The number of hydrogen-bond acceptors (Lipinski definition) is 4. The van der Waals surface area contributed by atoms with Crippen molar-refractivity contribution in [1.29, 1.82) is 0 Å². The molecule has 26 heavy (non-hydrogen) atoms. The van der Waals surface area contributed by atoms with E-state index in [1.54, 1.807) is 35.5 Å². The van der Waals surface area contributed by atoms with Gasteiger partial charge in [0, 0.05) is 35.8 Å². The number of hydrogen-bond donors (Lipinski definition) is 0. The van der Waals surface area contributed by atoms with E-state index in [2.05, 4.69) is 4.98 Å². The first-order chi connectivity index (χ1) is 12.6. The Balaban J connectivity index is 2.00. The smallest absolute Gasteiger partial charge is 0.269 e. The number of benzene rings is 2. The van der Waals surface area contributed by atoms with E-state index < -0.39 is 4.92 Å². The number of amides is 1. The maximum Gasteiger partial charge on any atom is 0.269 e. The molecule has 0 atom stereocenters. The predicted octanol–water partition coefficient (Wildman–Crippen LogP) is 4.15. The van der Waals surface area contributed by atoms with Gasteiger partial charge >= 0.3 is 0 Å². The summed E-state index contributed by atoms with van der Waals surface area (Å²) in [7, 11) is 0.